The molecule has 0 aliphatic heterocycles. The second-order valence-electron chi connectivity index (χ2n) is 5.68. The molecule has 0 unspecified atom stereocenters. The van der Waals surface area contributed by atoms with Crippen molar-refractivity contribution in [3.8, 4) is 11.5 Å². The molecule has 0 saturated carbocycles. The summed E-state index contributed by atoms with van der Waals surface area (Å²) in [6.45, 7) is -4.53. The number of hydrogen-bond acceptors (Lipinski definition) is 11. The summed E-state index contributed by atoms with van der Waals surface area (Å²) in [7, 11) is 7.69. The lowest BCUT2D eigenvalue weighted by Gasteiger charge is -2.18. The van der Waals surface area contributed by atoms with Gasteiger partial charge in [0, 0.05) is 68.4 Å². The molecule has 0 fully saturated rings. The van der Waals surface area contributed by atoms with Gasteiger partial charge >= 0.3 is 13.4 Å². The quantitative estimate of drug-likeness (QED) is 0.363. The standard InChI is InChI=1S/C16H20O6P2S3.C3H9NO/c1-17-23(25,18-2)21-13-5-9-15(10-6-13)27-16-11-7-14(8-12-16)22-24(26,19-3)20-4;1-4-2-3-5/h5-12H,1-4H3;4-5H,2-3H2,1H3. The SMILES string of the molecule is CNCCO.COP(=S)(OC)Oc1ccc(Sc2ccc(OP(=S)(OC)OC)cc2)cc1. The summed E-state index contributed by atoms with van der Waals surface area (Å²) in [5.41, 5.74) is 0. The van der Waals surface area contributed by atoms with E-state index in [1.54, 1.807) is 18.8 Å². The number of hydrogen-bond donors (Lipinski definition) is 2. The van der Waals surface area contributed by atoms with Crippen LogP contribution in [-0.4, -0.2) is 53.7 Å². The molecular weight excluding hydrogens is 512 g/mol. The zero-order valence-electron chi connectivity index (χ0n) is 18.5. The van der Waals surface area contributed by atoms with Crippen LogP contribution in [0, 0.1) is 0 Å². The van der Waals surface area contributed by atoms with Crippen LogP contribution < -0.4 is 14.4 Å². The molecule has 0 spiro atoms. The van der Waals surface area contributed by atoms with Crippen molar-refractivity contribution in [1.82, 2.24) is 5.32 Å². The lowest BCUT2D eigenvalue weighted by molar-refractivity contribution is 0.272. The van der Waals surface area contributed by atoms with Crippen LogP contribution in [0.15, 0.2) is 58.3 Å². The van der Waals surface area contributed by atoms with E-state index in [9.17, 15) is 0 Å². The van der Waals surface area contributed by atoms with Gasteiger partial charge in [-0.25, -0.2) is 0 Å². The molecule has 2 aromatic carbocycles. The molecule has 0 atom stereocenters. The molecule has 2 N–H and O–H groups in total. The van der Waals surface area contributed by atoms with Crippen LogP contribution in [0.3, 0.4) is 0 Å². The molecule has 0 aromatic heterocycles. The van der Waals surface area contributed by atoms with Gasteiger partial charge in [-0.15, -0.1) is 0 Å². The smallest absolute Gasteiger partial charge is 0.380 e. The van der Waals surface area contributed by atoms with E-state index >= 15 is 0 Å². The highest BCUT2D eigenvalue weighted by Gasteiger charge is 2.19. The number of benzene rings is 2. The molecule has 0 aliphatic rings. The maximum absolute atomic E-state index is 8.00. The molecule has 32 heavy (non-hydrogen) atoms. The minimum atomic E-state index is -2.73. The maximum Gasteiger partial charge on any atom is 0.380 e. The first kappa shape index (κ1) is 29.5. The third kappa shape index (κ3) is 10.6. The molecule has 2 rings (SSSR count). The topological polar surface area (TPSA) is 87.6 Å². The molecule has 0 saturated heterocycles. The van der Waals surface area contributed by atoms with Crippen molar-refractivity contribution in [2.75, 3.05) is 48.6 Å². The Hall–Kier alpha value is -0.550. The molecule has 0 heterocycles. The maximum atomic E-state index is 8.00. The van der Waals surface area contributed by atoms with Crippen LogP contribution in [-0.2, 0) is 41.7 Å². The first-order valence-electron chi connectivity index (χ1n) is 9.22. The summed E-state index contributed by atoms with van der Waals surface area (Å²) in [6.07, 6.45) is 0. The van der Waals surface area contributed by atoms with Gasteiger partial charge in [-0.2, -0.15) is 0 Å². The lowest BCUT2D eigenvalue weighted by Crippen LogP contribution is -2.10. The van der Waals surface area contributed by atoms with Gasteiger partial charge in [0.05, 0.1) is 6.61 Å². The highest BCUT2D eigenvalue weighted by Crippen LogP contribution is 2.49. The predicted molar refractivity (Wildman–Crippen MR) is 136 cm³/mol. The van der Waals surface area contributed by atoms with Crippen molar-refractivity contribution in [2.45, 2.75) is 9.79 Å². The first-order chi connectivity index (χ1) is 15.3. The third-order valence-corrected chi connectivity index (χ3v) is 9.48. The van der Waals surface area contributed by atoms with E-state index in [2.05, 4.69) is 5.32 Å². The van der Waals surface area contributed by atoms with Crippen molar-refractivity contribution < 1.29 is 32.2 Å². The van der Waals surface area contributed by atoms with Crippen LogP contribution in [0.25, 0.3) is 0 Å². The Labute approximate surface area is 204 Å². The van der Waals surface area contributed by atoms with E-state index in [1.165, 1.54) is 28.4 Å². The van der Waals surface area contributed by atoms with Crippen molar-refractivity contribution in [1.29, 1.82) is 0 Å². The van der Waals surface area contributed by atoms with Crippen LogP contribution in [0.1, 0.15) is 0 Å². The van der Waals surface area contributed by atoms with Gasteiger partial charge in [-0.1, -0.05) is 11.8 Å². The highest BCUT2D eigenvalue weighted by atomic mass is 32.5. The summed E-state index contributed by atoms with van der Waals surface area (Å²) in [4.78, 5) is 2.08. The Morgan fingerprint density at radius 2 is 1.09 bits per heavy atom. The number of likely N-dealkylation sites (N-methyl/N-ethyl adjacent to an activating group) is 1. The number of aliphatic hydroxyl groups excluding tert-OH is 1. The Kier molecular flexibility index (Phi) is 14.2. The third-order valence-electron chi connectivity index (χ3n) is 3.57. The number of rotatable bonds is 12. The van der Waals surface area contributed by atoms with Crippen LogP contribution in [0.2, 0.25) is 0 Å². The van der Waals surface area contributed by atoms with E-state index < -0.39 is 13.4 Å². The Morgan fingerprint density at radius 3 is 1.31 bits per heavy atom. The van der Waals surface area contributed by atoms with Crippen molar-refractivity contribution in [3.05, 3.63) is 48.5 Å². The molecule has 8 nitrogen and oxygen atoms in total. The zero-order valence-corrected chi connectivity index (χ0v) is 22.8. The van der Waals surface area contributed by atoms with E-state index in [-0.39, 0.29) is 6.61 Å². The monoisotopic (exact) mass is 541 g/mol. The fraction of sp³-hybridized carbons (Fsp3) is 0.368. The van der Waals surface area contributed by atoms with Gasteiger partial charge in [0.25, 0.3) is 0 Å². The highest BCUT2D eigenvalue weighted by molar-refractivity contribution is 8.08. The van der Waals surface area contributed by atoms with E-state index in [0.29, 0.717) is 18.0 Å². The molecular formula is C19H29NO7P2S3. The van der Waals surface area contributed by atoms with Gasteiger partial charge in [0.15, 0.2) is 0 Å². The predicted octanol–water partition coefficient (Wildman–Crippen LogP) is 4.83. The summed E-state index contributed by atoms with van der Waals surface area (Å²) in [5.74, 6) is 1.19. The summed E-state index contributed by atoms with van der Waals surface area (Å²) >= 11 is 12.0. The lowest BCUT2D eigenvalue weighted by atomic mass is 10.3. The van der Waals surface area contributed by atoms with Crippen LogP contribution in [0.5, 0.6) is 11.5 Å². The second kappa shape index (κ2) is 15.4. The van der Waals surface area contributed by atoms with Crippen molar-refractivity contribution in [2.24, 2.45) is 0 Å². The second-order valence-corrected chi connectivity index (χ2v) is 13.1. The Balaban J connectivity index is 0.000000920. The fourth-order valence-corrected chi connectivity index (χ4v) is 4.63. The summed E-state index contributed by atoms with van der Waals surface area (Å²) in [5, 5.41) is 10.8. The van der Waals surface area contributed by atoms with Crippen LogP contribution in [0.4, 0.5) is 0 Å². The van der Waals surface area contributed by atoms with Crippen LogP contribution >= 0.6 is 25.2 Å². The van der Waals surface area contributed by atoms with Crippen molar-refractivity contribution >= 4 is 48.8 Å². The fourth-order valence-electron chi connectivity index (χ4n) is 1.94. The molecule has 180 valence electrons. The molecule has 0 bridgehead atoms. The van der Waals surface area contributed by atoms with Gasteiger partial charge in [0.1, 0.15) is 11.5 Å². The Bertz CT molecular complexity index is 798. The van der Waals surface area contributed by atoms with E-state index in [1.807, 2.05) is 48.5 Å². The number of aliphatic hydroxyl groups is 1. The largest absolute Gasteiger partial charge is 0.424 e. The van der Waals surface area contributed by atoms with Gasteiger partial charge < -0.3 is 37.6 Å². The first-order valence-corrected chi connectivity index (χ1v) is 15.2. The molecule has 0 aliphatic carbocycles. The normalized spacial score (nSPS) is 11.4. The molecule has 0 amide bonds. The Morgan fingerprint density at radius 1 is 0.750 bits per heavy atom. The zero-order chi connectivity index (χ0) is 24.0. The summed E-state index contributed by atoms with van der Waals surface area (Å²) < 4.78 is 31.7. The van der Waals surface area contributed by atoms with Gasteiger partial charge in [-0.3, -0.25) is 0 Å². The molecule has 0 radical (unpaired) electrons. The van der Waals surface area contributed by atoms with Gasteiger partial charge in [0.2, 0.25) is 0 Å². The number of nitrogens with one attached hydrogen (secondary N) is 1. The van der Waals surface area contributed by atoms with Crippen molar-refractivity contribution in [3.63, 3.8) is 0 Å². The molecule has 2 aromatic rings. The minimum Gasteiger partial charge on any atom is -0.424 e. The van der Waals surface area contributed by atoms with E-state index in [0.717, 1.165) is 9.79 Å². The average molecular weight is 542 g/mol. The summed E-state index contributed by atoms with van der Waals surface area (Å²) in [6, 6.07) is 15.0. The average Bonchev–Trinajstić information content (AvgIpc) is 2.82. The molecule has 13 heteroatoms. The van der Waals surface area contributed by atoms with E-state index in [4.69, 9.17) is 55.9 Å². The minimum absolute atomic E-state index is 0.233. The van der Waals surface area contributed by atoms with Gasteiger partial charge in [-0.05, 0) is 55.6 Å².